The van der Waals surface area contributed by atoms with E-state index >= 15 is 0 Å². The molecular formula is C13H7FO. The van der Waals surface area contributed by atoms with Gasteiger partial charge in [-0.15, -0.1) is 0 Å². The normalized spacial score (nSPS) is 17.7. The highest BCUT2D eigenvalue weighted by Crippen LogP contribution is 2.40. The molecule has 0 saturated heterocycles. The SMILES string of the molecule is O=C1C=CC(F)=C2C1=Cc1ccccc12. The molecule has 2 aliphatic rings. The van der Waals surface area contributed by atoms with Crippen molar-refractivity contribution in [3.63, 3.8) is 0 Å². The smallest absolute Gasteiger partial charge is 0.186 e. The van der Waals surface area contributed by atoms with E-state index in [-0.39, 0.29) is 11.6 Å². The van der Waals surface area contributed by atoms with Gasteiger partial charge in [0.1, 0.15) is 5.83 Å². The Morgan fingerprint density at radius 2 is 1.87 bits per heavy atom. The summed E-state index contributed by atoms with van der Waals surface area (Å²) in [6.07, 6.45) is 4.25. The molecule has 0 spiro atoms. The molecule has 1 nitrogen and oxygen atoms in total. The van der Waals surface area contributed by atoms with E-state index in [2.05, 4.69) is 0 Å². The Hall–Kier alpha value is -1.96. The summed E-state index contributed by atoms with van der Waals surface area (Å²) >= 11 is 0. The number of carbonyl (C=O) groups excluding carboxylic acids is 1. The molecule has 3 rings (SSSR count). The standard InChI is InChI=1S/C13H7FO/c14-11-5-6-12(15)10-7-8-3-1-2-4-9(8)13(10)11/h1-7H. The lowest BCUT2D eigenvalue weighted by molar-refractivity contribution is -0.110. The van der Waals surface area contributed by atoms with E-state index in [0.717, 1.165) is 11.1 Å². The van der Waals surface area contributed by atoms with Crippen molar-refractivity contribution in [3.8, 4) is 0 Å². The third kappa shape index (κ3) is 1.05. The van der Waals surface area contributed by atoms with E-state index in [1.165, 1.54) is 12.2 Å². The summed E-state index contributed by atoms with van der Waals surface area (Å²) in [6, 6.07) is 7.44. The Morgan fingerprint density at radius 3 is 2.73 bits per heavy atom. The van der Waals surface area contributed by atoms with E-state index in [9.17, 15) is 9.18 Å². The molecule has 0 aliphatic heterocycles. The second kappa shape index (κ2) is 2.76. The molecule has 1 aromatic rings. The number of hydrogen-bond acceptors (Lipinski definition) is 1. The van der Waals surface area contributed by atoms with Crippen LogP contribution in [-0.2, 0) is 4.79 Å². The predicted octanol–water partition coefficient (Wildman–Crippen LogP) is 2.90. The Morgan fingerprint density at radius 1 is 1.07 bits per heavy atom. The molecular weight excluding hydrogens is 191 g/mol. The summed E-state index contributed by atoms with van der Waals surface area (Å²) in [5.41, 5.74) is 2.63. The molecule has 72 valence electrons. The highest BCUT2D eigenvalue weighted by molar-refractivity contribution is 6.24. The van der Waals surface area contributed by atoms with Gasteiger partial charge < -0.3 is 0 Å². The fourth-order valence-corrected chi connectivity index (χ4v) is 2.00. The molecule has 0 bridgehead atoms. The first-order chi connectivity index (χ1) is 7.27. The van der Waals surface area contributed by atoms with Crippen molar-refractivity contribution >= 4 is 17.4 Å². The Kier molecular flexibility index (Phi) is 1.54. The highest BCUT2D eigenvalue weighted by Gasteiger charge is 2.27. The molecule has 0 saturated carbocycles. The Labute approximate surface area is 86.2 Å². The summed E-state index contributed by atoms with van der Waals surface area (Å²) in [6.45, 7) is 0. The van der Waals surface area contributed by atoms with Crippen molar-refractivity contribution in [2.24, 2.45) is 0 Å². The van der Waals surface area contributed by atoms with Gasteiger partial charge in [-0.2, -0.15) is 0 Å². The molecule has 0 atom stereocenters. The Balaban J connectivity index is 2.34. The van der Waals surface area contributed by atoms with Gasteiger partial charge in [0.05, 0.1) is 0 Å². The van der Waals surface area contributed by atoms with Gasteiger partial charge in [-0.05, 0) is 29.4 Å². The van der Waals surface area contributed by atoms with Crippen LogP contribution in [0.2, 0.25) is 0 Å². The molecule has 0 radical (unpaired) electrons. The molecule has 0 unspecified atom stereocenters. The van der Waals surface area contributed by atoms with Crippen LogP contribution in [0.3, 0.4) is 0 Å². The van der Waals surface area contributed by atoms with Gasteiger partial charge in [-0.1, -0.05) is 24.3 Å². The molecule has 1 aromatic carbocycles. The van der Waals surface area contributed by atoms with Gasteiger partial charge in [0, 0.05) is 11.1 Å². The third-order valence-electron chi connectivity index (χ3n) is 2.68. The van der Waals surface area contributed by atoms with Crippen LogP contribution >= 0.6 is 0 Å². The zero-order valence-electron chi connectivity index (χ0n) is 7.83. The van der Waals surface area contributed by atoms with Gasteiger partial charge in [-0.25, -0.2) is 4.39 Å². The zero-order valence-corrected chi connectivity index (χ0v) is 7.83. The summed E-state index contributed by atoms with van der Waals surface area (Å²) in [4.78, 5) is 11.5. The van der Waals surface area contributed by atoms with Crippen molar-refractivity contribution in [2.45, 2.75) is 0 Å². The molecule has 0 amide bonds. The molecule has 0 aromatic heterocycles. The van der Waals surface area contributed by atoms with E-state index < -0.39 is 0 Å². The van der Waals surface area contributed by atoms with E-state index in [1.807, 2.05) is 24.3 Å². The fourth-order valence-electron chi connectivity index (χ4n) is 2.00. The number of fused-ring (bicyclic) bond motifs is 3. The van der Waals surface area contributed by atoms with Crippen molar-refractivity contribution in [2.75, 3.05) is 0 Å². The molecule has 0 heterocycles. The maximum atomic E-state index is 13.6. The van der Waals surface area contributed by atoms with Crippen LogP contribution in [0, 0.1) is 0 Å². The number of hydrogen-bond donors (Lipinski definition) is 0. The van der Waals surface area contributed by atoms with Gasteiger partial charge in [0.2, 0.25) is 0 Å². The first kappa shape index (κ1) is 8.36. The molecule has 0 N–H and O–H groups in total. The first-order valence-corrected chi connectivity index (χ1v) is 4.71. The largest absolute Gasteiger partial charge is 0.289 e. The van der Waals surface area contributed by atoms with Crippen molar-refractivity contribution in [1.82, 2.24) is 0 Å². The topological polar surface area (TPSA) is 17.1 Å². The minimum atomic E-state index is -0.328. The van der Waals surface area contributed by atoms with Gasteiger partial charge in [0.15, 0.2) is 5.78 Å². The maximum Gasteiger partial charge on any atom is 0.186 e. The lowest BCUT2D eigenvalue weighted by Gasteiger charge is -2.08. The van der Waals surface area contributed by atoms with Crippen LogP contribution in [0.5, 0.6) is 0 Å². The molecule has 2 aliphatic carbocycles. The van der Waals surface area contributed by atoms with Crippen LogP contribution in [-0.4, -0.2) is 5.78 Å². The van der Waals surface area contributed by atoms with E-state index in [1.54, 1.807) is 6.08 Å². The summed E-state index contributed by atoms with van der Waals surface area (Å²) in [7, 11) is 0. The maximum absolute atomic E-state index is 13.6. The van der Waals surface area contributed by atoms with Gasteiger partial charge in [0.25, 0.3) is 0 Å². The minimum Gasteiger partial charge on any atom is -0.289 e. The quantitative estimate of drug-likeness (QED) is 0.626. The first-order valence-electron chi connectivity index (χ1n) is 4.71. The van der Waals surface area contributed by atoms with Gasteiger partial charge in [-0.3, -0.25) is 4.79 Å². The second-order valence-electron chi connectivity index (χ2n) is 3.57. The number of carbonyl (C=O) groups is 1. The van der Waals surface area contributed by atoms with Crippen LogP contribution in [0.4, 0.5) is 4.39 Å². The molecule has 0 fully saturated rings. The van der Waals surface area contributed by atoms with Crippen molar-refractivity contribution in [1.29, 1.82) is 0 Å². The number of rotatable bonds is 0. The molecule has 2 heteroatoms. The summed E-state index contributed by atoms with van der Waals surface area (Å²) < 4.78 is 13.6. The third-order valence-corrected chi connectivity index (χ3v) is 2.68. The second-order valence-corrected chi connectivity index (χ2v) is 3.57. The van der Waals surface area contributed by atoms with Gasteiger partial charge >= 0.3 is 0 Å². The summed E-state index contributed by atoms with van der Waals surface area (Å²) in [5, 5.41) is 0. The van der Waals surface area contributed by atoms with E-state index in [0.29, 0.717) is 11.1 Å². The molecule has 15 heavy (non-hydrogen) atoms. The van der Waals surface area contributed by atoms with Crippen molar-refractivity contribution in [3.05, 3.63) is 58.9 Å². The highest BCUT2D eigenvalue weighted by atomic mass is 19.1. The monoisotopic (exact) mass is 198 g/mol. The van der Waals surface area contributed by atoms with Crippen LogP contribution in [0.1, 0.15) is 11.1 Å². The number of allylic oxidation sites excluding steroid dienone is 5. The number of halogens is 1. The van der Waals surface area contributed by atoms with Crippen LogP contribution in [0.25, 0.3) is 11.6 Å². The average molecular weight is 198 g/mol. The van der Waals surface area contributed by atoms with Crippen LogP contribution in [0.15, 0.2) is 47.8 Å². The average Bonchev–Trinajstić information content (AvgIpc) is 2.64. The summed E-state index contributed by atoms with van der Waals surface area (Å²) in [5.74, 6) is -0.451. The minimum absolute atomic E-state index is 0.123. The van der Waals surface area contributed by atoms with Crippen molar-refractivity contribution < 1.29 is 9.18 Å². The zero-order chi connectivity index (χ0) is 10.4. The number of benzene rings is 1. The Bertz CT molecular complexity index is 562. The number of ketones is 1. The lowest BCUT2D eigenvalue weighted by atomic mass is 9.95. The van der Waals surface area contributed by atoms with Crippen LogP contribution < -0.4 is 0 Å². The lowest BCUT2D eigenvalue weighted by Crippen LogP contribution is -2.03. The predicted molar refractivity (Wildman–Crippen MR) is 56.6 cm³/mol. The van der Waals surface area contributed by atoms with E-state index in [4.69, 9.17) is 0 Å². The fraction of sp³-hybridized carbons (Fsp3) is 0.